The second-order valence-electron chi connectivity index (χ2n) is 6.19. The number of hydrogen-bond acceptors (Lipinski definition) is 5. The van der Waals surface area contributed by atoms with Gasteiger partial charge in [-0.1, -0.05) is 12.1 Å². The molecule has 1 amide bonds. The average molecular weight is 480 g/mol. The van der Waals surface area contributed by atoms with Gasteiger partial charge in [-0.05, 0) is 34.7 Å². The summed E-state index contributed by atoms with van der Waals surface area (Å²) in [6.07, 6.45) is 1.74. The van der Waals surface area contributed by atoms with Crippen LogP contribution in [-0.2, 0) is 6.54 Å². The summed E-state index contributed by atoms with van der Waals surface area (Å²) in [7, 11) is 0. The largest absolute Gasteiger partial charge is 0.336 e. The van der Waals surface area contributed by atoms with Crippen LogP contribution in [0.25, 0.3) is 4.96 Å². The van der Waals surface area contributed by atoms with Gasteiger partial charge in [0.2, 0.25) is 0 Å². The Morgan fingerprint density at radius 3 is 2.73 bits per heavy atom. The number of amides is 1. The van der Waals surface area contributed by atoms with Crippen LogP contribution in [0.3, 0.4) is 0 Å². The van der Waals surface area contributed by atoms with Crippen LogP contribution >= 0.6 is 33.9 Å². The third-order valence-corrected chi connectivity index (χ3v) is 6.20. The topological polar surface area (TPSA) is 57.9 Å². The fraction of sp³-hybridized carbons (Fsp3) is 0.278. The van der Waals surface area contributed by atoms with Gasteiger partial charge in [-0.25, -0.2) is 4.98 Å². The van der Waals surface area contributed by atoms with E-state index in [0.717, 1.165) is 32.9 Å². The van der Waals surface area contributed by atoms with Crippen LogP contribution in [0.4, 0.5) is 0 Å². The number of halogens is 1. The minimum absolute atomic E-state index is 0.0429. The molecule has 0 spiro atoms. The number of benzene rings is 1. The van der Waals surface area contributed by atoms with E-state index in [9.17, 15) is 9.59 Å². The van der Waals surface area contributed by atoms with Crippen molar-refractivity contribution in [3.8, 4) is 0 Å². The van der Waals surface area contributed by atoms with Gasteiger partial charge in [-0.15, -0.1) is 11.3 Å². The first-order valence-electron chi connectivity index (χ1n) is 8.34. The summed E-state index contributed by atoms with van der Waals surface area (Å²) in [6.45, 7) is 3.56. The fourth-order valence-electron chi connectivity index (χ4n) is 3.11. The molecule has 134 valence electrons. The highest BCUT2D eigenvalue weighted by atomic mass is 127. The molecule has 1 aliphatic rings. The van der Waals surface area contributed by atoms with E-state index in [4.69, 9.17) is 0 Å². The van der Waals surface area contributed by atoms with Crippen molar-refractivity contribution in [1.29, 1.82) is 0 Å². The zero-order valence-corrected chi connectivity index (χ0v) is 16.9. The van der Waals surface area contributed by atoms with Gasteiger partial charge < -0.3 is 4.90 Å². The molecule has 0 atom stereocenters. The lowest BCUT2D eigenvalue weighted by Gasteiger charge is -2.34. The highest BCUT2D eigenvalue weighted by molar-refractivity contribution is 14.1. The zero-order valence-electron chi connectivity index (χ0n) is 14.0. The Kier molecular flexibility index (Phi) is 5.05. The molecule has 3 aromatic rings. The summed E-state index contributed by atoms with van der Waals surface area (Å²) in [5.41, 5.74) is 1.51. The number of fused-ring (bicyclic) bond motifs is 1. The number of aromatic nitrogens is 2. The zero-order chi connectivity index (χ0) is 18.1. The first kappa shape index (κ1) is 17.6. The number of carbonyl (C=O) groups is 1. The predicted octanol–water partition coefficient (Wildman–Crippen LogP) is 2.32. The Morgan fingerprint density at radius 1 is 1.19 bits per heavy atom. The summed E-state index contributed by atoms with van der Waals surface area (Å²) in [5, 5.41) is 1.86. The van der Waals surface area contributed by atoms with Crippen molar-refractivity contribution in [2.75, 3.05) is 26.2 Å². The molecule has 1 saturated heterocycles. The number of hydrogen-bond donors (Lipinski definition) is 0. The number of nitrogens with zero attached hydrogens (tertiary/aromatic N) is 4. The molecule has 1 aromatic carbocycles. The predicted molar refractivity (Wildman–Crippen MR) is 110 cm³/mol. The van der Waals surface area contributed by atoms with E-state index in [1.165, 1.54) is 11.3 Å². The second-order valence-corrected chi connectivity index (χ2v) is 8.22. The Labute approximate surface area is 168 Å². The summed E-state index contributed by atoms with van der Waals surface area (Å²) in [5.74, 6) is 0.0889. The lowest BCUT2D eigenvalue weighted by Crippen LogP contribution is -2.48. The van der Waals surface area contributed by atoms with Gasteiger partial charge in [0.1, 0.15) is 0 Å². The van der Waals surface area contributed by atoms with Crippen LogP contribution in [0.5, 0.6) is 0 Å². The van der Waals surface area contributed by atoms with Crippen molar-refractivity contribution >= 4 is 44.8 Å². The normalized spacial score (nSPS) is 15.5. The van der Waals surface area contributed by atoms with Gasteiger partial charge >= 0.3 is 0 Å². The van der Waals surface area contributed by atoms with E-state index in [1.54, 1.807) is 16.7 Å². The van der Waals surface area contributed by atoms with Crippen LogP contribution in [-0.4, -0.2) is 51.3 Å². The first-order valence-corrected chi connectivity index (χ1v) is 10.3. The van der Waals surface area contributed by atoms with Crippen molar-refractivity contribution in [2.24, 2.45) is 0 Å². The van der Waals surface area contributed by atoms with Crippen LogP contribution in [0, 0.1) is 3.57 Å². The molecule has 8 heteroatoms. The third-order valence-electron chi connectivity index (χ3n) is 4.51. The fourth-order valence-corrected chi connectivity index (χ4v) is 4.47. The molecule has 0 saturated carbocycles. The summed E-state index contributed by atoms with van der Waals surface area (Å²) < 4.78 is 2.54. The highest BCUT2D eigenvalue weighted by Gasteiger charge is 2.23. The third kappa shape index (κ3) is 3.53. The number of rotatable bonds is 3. The molecule has 2 aromatic heterocycles. The maximum absolute atomic E-state index is 12.7. The van der Waals surface area contributed by atoms with Gasteiger partial charge in [0.15, 0.2) is 4.96 Å². The molecule has 6 nitrogen and oxygen atoms in total. The summed E-state index contributed by atoms with van der Waals surface area (Å²) >= 11 is 3.66. The van der Waals surface area contributed by atoms with E-state index in [2.05, 4.69) is 32.5 Å². The van der Waals surface area contributed by atoms with E-state index in [1.807, 2.05) is 34.5 Å². The molecule has 0 bridgehead atoms. The van der Waals surface area contributed by atoms with Crippen molar-refractivity contribution in [2.45, 2.75) is 6.54 Å². The smallest absolute Gasteiger partial charge is 0.258 e. The molecule has 0 radical (unpaired) electrons. The Hall–Kier alpha value is -1.78. The van der Waals surface area contributed by atoms with Crippen LogP contribution in [0.2, 0.25) is 0 Å². The van der Waals surface area contributed by atoms with Crippen molar-refractivity contribution in [3.05, 3.63) is 67.1 Å². The SMILES string of the molecule is O=C(c1ccccc1I)N1CCN(Cc2cc(=O)n3ccsc3n2)CC1. The maximum atomic E-state index is 12.7. The summed E-state index contributed by atoms with van der Waals surface area (Å²) in [6, 6.07) is 9.27. The van der Waals surface area contributed by atoms with Gasteiger partial charge in [0.25, 0.3) is 11.5 Å². The molecule has 1 fully saturated rings. The minimum atomic E-state index is -0.0429. The van der Waals surface area contributed by atoms with Gasteiger partial charge in [-0.2, -0.15) is 0 Å². The standard InChI is InChI=1S/C18H17IN4O2S/c19-15-4-2-1-3-14(15)17(25)22-7-5-21(6-8-22)12-13-11-16(24)23-9-10-26-18(23)20-13/h1-4,9-11H,5-8,12H2. The van der Waals surface area contributed by atoms with E-state index >= 15 is 0 Å². The highest BCUT2D eigenvalue weighted by Crippen LogP contribution is 2.16. The molecule has 0 aliphatic carbocycles. The Bertz CT molecular complexity index is 1010. The van der Waals surface area contributed by atoms with Crippen LogP contribution in [0.1, 0.15) is 16.1 Å². The Balaban J connectivity index is 1.41. The molecule has 4 rings (SSSR count). The summed E-state index contributed by atoms with van der Waals surface area (Å²) in [4.78, 5) is 34.2. The Morgan fingerprint density at radius 2 is 1.96 bits per heavy atom. The lowest BCUT2D eigenvalue weighted by molar-refractivity contribution is 0.0626. The van der Waals surface area contributed by atoms with Crippen molar-refractivity contribution < 1.29 is 4.79 Å². The first-order chi connectivity index (χ1) is 12.6. The molecule has 1 aliphatic heterocycles. The van der Waals surface area contributed by atoms with Gasteiger partial charge in [0, 0.05) is 53.9 Å². The molecule has 3 heterocycles. The maximum Gasteiger partial charge on any atom is 0.258 e. The average Bonchev–Trinajstić information content (AvgIpc) is 3.11. The van der Waals surface area contributed by atoms with Gasteiger partial charge in [-0.3, -0.25) is 18.9 Å². The molecular weight excluding hydrogens is 463 g/mol. The molecule has 0 unspecified atom stereocenters. The second kappa shape index (κ2) is 7.45. The lowest BCUT2D eigenvalue weighted by atomic mass is 10.2. The number of carbonyl (C=O) groups excluding carboxylic acids is 1. The van der Waals surface area contributed by atoms with E-state index < -0.39 is 0 Å². The number of piperazine rings is 1. The van der Waals surface area contributed by atoms with Crippen LogP contribution in [0.15, 0.2) is 46.7 Å². The monoisotopic (exact) mass is 480 g/mol. The molecule has 0 N–H and O–H groups in total. The van der Waals surface area contributed by atoms with Crippen molar-refractivity contribution in [3.63, 3.8) is 0 Å². The van der Waals surface area contributed by atoms with Crippen LogP contribution < -0.4 is 5.56 Å². The van der Waals surface area contributed by atoms with Crippen molar-refractivity contribution in [1.82, 2.24) is 19.2 Å². The van der Waals surface area contributed by atoms with Gasteiger partial charge in [0.05, 0.1) is 11.3 Å². The van der Waals surface area contributed by atoms with E-state index in [0.29, 0.717) is 19.6 Å². The molecular formula is C18H17IN4O2S. The molecule has 26 heavy (non-hydrogen) atoms. The van der Waals surface area contributed by atoms with E-state index in [-0.39, 0.29) is 11.5 Å². The minimum Gasteiger partial charge on any atom is -0.336 e. The quantitative estimate of drug-likeness (QED) is 0.541. The number of thiazole rings is 1.